The van der Waals surface area contributed by atoms with Gasteiger partial charge in [-0.2, -0.15) is 0 Å². The van der Waals surface area contributed by atoms with Crippen molar-refractivity contribution in [1.82, 2.24) is 4.90 Å². The molecule has 1 aliphatic rings. The van der Waals surface area contributed by atoms with Crippen LogP contribution in [0.4, 0.5) is 5.69 Å². The summed E-state index contributed by atoms with van der Waals surface area (Å²) < 4.78 is 0. The lowest BCUT2D eigenvalue weighted by atomic mass is 9.84. The maximum atomic E-state index is 12.9. The first-order valence-electron chi connectivity index (χ1n) is 9.37. The Bertz CT molecular complexity index is 809. The summed E-state index contributed by atoms with van der Waals surface area (Å²) in [5.74, 6) is -0.279. The molecule has 27 heavy (non-hydrogen) atoms. The Balaban J connectivity index is 1.67. The molecule has 2 amide bonds. The van der Waals surface area contributed by atoms with Crippen molar-refractivity contribution in [2.75, 3.05) is 18.4 Å². The summed E-state index contributed by atoms with van der Waals surface area (Å²) >= 11 is 0. The van der Waals surface area contributed by atoms with Crippen LogP contribution in [0.1, 0.15) is 42.6 Å². The summed E-state index contributed by atoms with van der Waals surface area (Å²) in [6, 6.07) is 16.6. The largest absolute Gasteiger partial charge is 0.385 e. The molecule has 0 radical (unpaired) electrons. The Morgan fingerprint density at radius 2 is 1.70 bits per heavy atom. The number of anilines is 1. The van der Waals surface area contributed by atoms with Crippen LogP contribution in [0.5, 0.6) is 0 Å². The van der Waals surface area contributed by atoms with E-state index in [1.54, 1.807) is 29.2 Å². The van der Waals surface area contributed by atoms with Gasteiger partial charge in [-0.1, -0.05) is 50.2 Å². The van der Waals surface area contributed by atoms with Crippen molar-refractivity contribution in [2.45, 2.75) is 32.3 Å². The average Bonchev–Trinajstić information content (AvgIpc) is 2.69. The van der Waals surface area contributed by atoms with Crippen LogP contribution >= 0.6 is 0 Å². The number of piperidine rings is 1. The predicted molar refractivity (Wildman–Crippen MR) is 105 cm³/mol. The molecule has 0 aromatic heterocycles. The van der Waals surface area contributed by atoms with E-state index in [0.717, 1.165) is 5.56 Å². The maximum Gasteiger partial charge on any atom is 0.253 e. The zero-order valence-electron chi connectivity index (χ0n) is 15.8. The number of carbonyl (C=O) groups excluding carboxylic acids is 2. The van der Waals surface area contributed by atoms with E-state index in [4.69, 9.17) is 0 Å². The van der Waals surface area contributed by atoms with Crippen molar-refractivity contribution in [1.29, 1.82) is 0 Å². The standard InChI is InChI=1S/C22H26N2O3/c1-16(2)20(25)23-19-10-6-7-17(15-19)21(26)24-13-11-22(27,12-14-24)18-8-4-3-5-9-18/h3-10,15-16,27H,11-14H2,1-2H3,(H,23,25). The highest BCUT2D eigenvalue weighted by molar-refractivity contribution is 5.97. The predicted octanol–water partition coefficient (Wildman–Crippen LogP) is 3.40. The Morgan fingerprint density at radius 3 is 2.33 bits per heavy atom. The van der Waals surface area contributed by atoms with Crippen LogP contribution in [0.3, 0.4) is 0 Å². The number of hydrogen-bond acceptors (Lipinski definition) is 3. The molecule has 5 heteroatoms. The highest BCUT2D eigenvalue weighted by Crippen LogP contribution is 2.33. The Morgan fingerprint density at radius 1 is 1.04 bits per heavy atom. The molecule has 0 unspecified atom stereocenters. The summed E-state index contributed by atoms with van der Waals surface area (Å²) in [7, 11) is 0. The molecule has 5 nitrogen and oxygen atoms in total. The summed E-state index contributed by atoms with van der Waals surface area (Å²) in [6.45, 7) is 4.64. The third kappa shape index (κ3) is 4.37. The second-order valence-corrected chi connectivity index (χ2v) is 7.41. The van der Waals surface area contributed by atoms with Crippen molar-refractivity contribution >= 4 is 17.5 Å². The van der Waals surface area contributed by atoms with Crippen LogP contribution in [-0.4, -0.2) is 34.9 Å². The topological polar surface area (TPSA) is 69.6 Å². The van der Waals surface area contributed by atoms with Gasteiger partial charge in [-0.15, -0.1) is 0 Å². The van der Waals surface area contributed by atoms with E-state index in [2.05, 4.69) is 5.32 Å². The van der Waals surface area contributed by atoms with Crippen molar-refractivity contribution in [3.63, 3.8) is 0 Å². The highest BCUT2D eigenvalue weighted by atomic mass is 16.3. The SMILES string of the molecule is CC(C)C(=O)Nc1cccc(C(=O)N2CCC(O)(c3ccccc3)CC2)c1. The van der Waals surface area contributed by atoms with Crippen LogP contribution in [-0.2, 0) is 10.4 Å². The fraction of sp³-hybridized carbons (Fsp3) is 0.364. The lowest BCUT2D eigenvalue weighted by molar-refractivity contribution is -0.118. The third-order valence-electron chi connectivity index (χ3n) is 5.09. The van der Waals surface area contributed by atoms with Gasteiger partial charge in [0.25, 0.3) is 5.91 Å². The second-order valence-electron chi connectivity index (χ2n) is 7.41. The average molecular weight is 366 g/mol. The number of likely N-dealkylation sites (tertiary alicyclic amines) is 1. The van der Waals surface area contributed by atoms with Gasteiger partial charge < -0.3 is 15.3 Å². The molecule has 142 valence electrons. The molecule has 2 aromatic rings. The Labute approximate surface area is 160 Å². The number of amides is 2. The van der Waals surface area contributed by atoms with Gasteiger partial charge in [0, 0.05) is 30.3 Å². The zero-order valence-corrected chi connectivity index (χ0v) is 15.8. The molecule has 1 heterocycles. The molecule has 1 aliphatic heterocycles. The van der Waals surface area contributed by atoms with Gasteiger partial charge in [0.1, 0.15) is 0 Å². The Hall–Kier alpha value is -2.66. The van der Waals surface area contributed by atoms with Gasteiger partial charge in [-0.25, -0.2) is 0 Å². The number of nitrogens with zero attached hydrogens (tertiary/aromatic N) is 1. The summed E-state index contributed by atoms with van der Waals surface area (Å²) in [4.78, 5) is 26.5. The van der Waals surface area contributed by atoms with Crippen LogP contribution in [0.15, 0.2) is 54.6 Å². The van der Waals surface area contributed by atoms with Gasteiger partial charge in [0.15, 0.2) is 0 Å². The molecule has 0 saturated carbocycles. The number of hydrogen-bond donors (Lipinski definition) is 2. The molecular weight excluding hydrogens is 340 g/mol. The molecule has 0 spiro atoms. The van der Waals surface area contributed by atoms with E-state index in [1.165, 1.54) is 0 Å². The summed E-state index contributed by atoms with van der Waals surface area (Å²) in [6.07, 6.45) is 1.01. The van der Waals surface area contributed by atoms with E-state index in [0.29, 0.717) is 37.2 Å². The number of aliphatic hydroxyl groups is 1. The molecule has 0 atom stereocenters. The minimum absolute atomic E-state index is 0.0780. The number of carbonyl (C=O) groups is 2. The summed E-state index contributed by atoms with van der Waals surface area (Å²) in [5, 5.41) is 13.7. The monoisotopic (exact) mass is 366 g/mol. The molecule has 2 N–H and O–H groups in total. The van der Waals surface area contributed by atoms with Gasteiger partial charge in [0.05, 0.1) is 5.60 Å². The minimum Gasteiger partial charge on any atom is -0.385 e. The van der Waals surface area contributed by atoms with E-state index >= 15 is 0 Å². The molecule has 0 aliphatic carbocycles. The highest BCUT2D eigenvalue weighted by Gasteiger charge is 2.35. The van der Waals surface area contributed by atoms with E-state index in [9.17, 15) is 14.7 Å². The van der Waals surface area contributed by atoms with Crippen LogP contribution < -0.4 is 5.32 Å². The van der Waals surface area contributed by atoms with E-state index in [1.807, 2.05) is 44.2 Å². The van der Waals surface area contributed by atoms with Crippen molar-refractivity contribution < 1.29 is 14.7 Å². The van der Waals surface area contributed by atoms with E-state index < -0.39 is 5.60 Å². The first-order chi connectivity index (χ1) is 12.9. The lowest BCUT2D eigenvalue weighted by Gasteiger charge is -2.38. The molecule has 0 bridgehead atoms. The maximum absolute atomic E-state index is 12.9. The fourth-order valence-corrected chi connectivity index (χ4v) is 3.32. The second kappa shape index (κ2) is 7.92. The number of benzene rings is 2. The van der Waals surface area contributed by atoms with Crippen molar-refractivity contribution in [2.24, 2.45) is 5.92 Å². The van der Waals surface area contributed by atoms with Crippen LogP contribution in [0.25, 0.3) is 0 Å². The minimum atomic E-state index is -0.884. The van der Waals surface area contributed by atoms with Crippen LogP contribution in [0.2, 0.25) is 0 Å². The van der Waals surface area contributed by atoms with E-state index in [-0.39, 0.29) is 17.7 Å². The van der Waals surface area contributed by atoms with Crippen molar-refractivity contribution in [3.8, 4) is 0 Å². The first-order valence-corrected chi connectivity index (χ1v) is 9.37. The molecule has 1 saturated heterocycles. The third-order valence-corrected chi connectivity index (χ3v) is 5.09. The van der Waals surface area contributed by atoms with Crippen molar-refractivity contribution in [3.05, 3.63) is 65.7 Å². The Kier molecular flexibility index (Phi) is 5.61. The van der Waals surface area contributed by atoms with Gasteiger partial charge in [-0.05, 0) is 36.6 Å². The molecule has 3 rings (SSSR count). The fourth-order valence-electron chi connectivity index (χ4n) is 3.32. The first kappa shape index (κ1) is 19.1. The summed E-state index contributed by atoms with van der Waals surface area (Å²) in [5.41, 5.74) is 1.18. The smallest absolute Gasteiger partial charge is 0.253 e. The number of nitrogens with one attached hydrogen (secondary N) is 1. The molecular formula is C22H26N2O3. The lowest BCUT2D eigenvalue weighted by Crippen LogP contribution is -2.45. The quantitative estimate of drug-likeness (QED) is 0.871. The van der Waals surface area contributed by atoms with Gasteiger partial charge in [0.2, 0.25) is 5.91 Å². The van der Waals surface area contributed by atoms with Crippen LogP contribution in [0, 0.1) is 5.92 Å². The molecule has 1 fully saturated rings. The number of rotatable bonds is 4. The van der Waals surface area contributed by atoms with Gasteiger partial charge in [-0.3, -0.25) is 9.59 Å². The normalized spacial score (nSPS) is 16.2. The zero-order chi connectivity index (χ0) is 19.4. The molecule has 2 aromatic carbocycles. The van der Waals surface area contributed by atoms with Gasteiger partial charge >= 0.3 is 0 Å².